The maximum absolute atomic E-state index is 13.3. The SMILES string of the molecule is Cc1sc2c(c1C)c(=O)n(-c1ccc(F)cc1)c(=O)n2CC(=O)NC1CCCC1. The predicted molar refractivity (Wildman–Crippen MR) is 112 cm³/mol. The van der Waals surface area contributed by atoms with E-state index in [4.69, 9.17) is 0 Å². The van der Waals surface area contributed by atoms with Crippen LogP contribution in [0.2, 0.25) is 0 Å². The van der Waals surface area contributed by atoms with Gasteiger partial charge in [-0.3, -0.25) is 14.2 Å². The number of hydrogen-bond acceptors (Lipinski definition) is 4. The van der Waals surface area contributed by atoms with Crippen molar-refractivity contribution in [1.29, 1.82) is 0 Å². The van der Waals surface area contributed by atoms with E-state index in [-0.39, 0.29) is 24.2 Å². The Kier molecular flexibility index (Phi) is 5.12. The van der Waals surface area contributed by atoms with Crippen LogP contribution < -0.4 is 16.6 Å². The first-order valence-electron chi connectivity index (χ1n) is 9.67. The molecule has 3 aromatic rings. The number of benzene rings is 1. The minimum atomic E-state index is -0.600. The van der Waals surface area contributed by atoms with Gasteiger partial charge in [0.2, 0.25) is 5.91 Å². The molecular weight excluding hydrogens is 393 g/mol. The standard InChI is InChI=1S/C21H22FN3O3S/c1-12-13(2)29-20-18(12)19(27)25(16-9-7-14(22)8-10-16)21(28)24(20)11-17(26)23-15-5-3-4-6-15/h7-10,15H,3-6,11H2,1-2H3,(H,23,26). The van der Waals surface area contributed by atoms with E-state index in [9.17, 15) is 18.8 Å². The molecule has 6 nitrogen and oxygen atoms in total. The Morgan fingerprint density at radius 3 is 2.48 bits per heavy atom. The van der Waals surface area contributed by atoms with Crippen molar-refractivity contribution < 1.29 is 9.18 Å². The van der Waals surface area contributed by atoms with Gasteiger partial charge in [-0.25, -0.2) is 13.8 Å². The molecule has 2 heterocycles. The molecule has 29 heavy (non-hydrogen) atoms. The number of rotatable bonds is 4. The van der Waals surface area contributed by atoms with Crippen molar-refractivity contribution >= 4 is 27.5 Å². The van der Waals surface area contributed by atoms with Gasteiger partial charge >= 0.3 is 5.69 Å². The highest BCUT2D eigenvalue weighted by atomic mass is 32.1. The van der Waals surface area contributed by atoms with Crippen LogP contribution in [0.1, 0.15) is 36.1 Å². The third kappa shape index (κ3) is 3.53. The molecule has 0 atom stereocenters. The molecule has 1 aliphatic carbocycles. The van der Waals surface area contributed by atoms with Crippen molar-refractivity contribution in [2.75, 3.05) is 0 Å². The maximum Gasteiger partial charge on any atom is 0.337 e. The Bertz CT molecular complexity index is 1200. The molecule has 4 rings (SSSR count). The normalized spacial score (nSPS) is 14.6. The number of halogens is 1. The molecule has 0 aliphatic heterocycles. The average Bonchev–Trinajstić information content (AvgIpc) is 3.29. The lowest BCUT2D eigenvalue weighted by Crippen LogP contribution is -2.43. The van der Waals surface area contributed by atoms with Crippen LogP contribution in [-0.4, -0.2) is 21.1 Å². The van der Waals surface area contributed by atoms with Gasteiger partial charge in [-0.15, -0.1) is 11.3 Å². The number of carbonyl (C=O) groups is 1. The highest BCUT2D eigenvalue weighted by Gasteiger charge is 2.22. The van der Waals surface area contributed by atoms with Crippen molar-refractivity contribution in [3.63, 3.8) is 0 Å². The van der Waals surface area contributed by atoms with E-state index >= 15 is 0 Å². The van der Waals surface area contributed by atoms with E-state index < -0.39 is 17.1 Å². The van der Waals surface area contributed by atoms with Crippen LogP contribution in [0, 0.1) is 19.7 Å². The number of aryl methyl sites for hydroxylation is 2. The summed E-state index contributed by atoms with van der Waals surface area (Å²) < 4.78 is 15.7. The maximum atomic E-state index is 13.3. The molecule has 1 saturated carbocycles. The lowest BCUT2D eigenvalue weighted by Gasteiger charge is -2.15. The number of hydrogen-bond donors (Lipinski definition) is 1. The lowest BCUT2D eigenvalue weighted by atomic mass is 10.2. The molecule has 1 N–H and O–H groups in total. The fourth-order valence-corrected chi connectivity index (χ4v) is 5.04. The van der Waals surface area contributed by atoms with E-state index in [1.54, 1.807) is 0 Å². The van der Waals surface area contributed by atoms with Gasteiger partial charge in [0, 0.05) is 10.9 Å². The van der Waals surface area contributed by atoms with E-state index in [1.807, 2.05) is 13.8 Å². The Labute approximate surface area is 170 Å². The summed E-state index contributed by atoms with van der Waals surface area (Å²) in [5, 5.41) is 3.41. The quantitative estimate of drug-likeness (QED) is 0.712. The Hall–Kier alpha value is -2.74. The highest BCUT2D eigenvalue weighted by Crippen LogP contribution is 2.27. The van der Waals surface area contributed by atoms with Gasteiger partial charge in [0.05, 0.1) is 11.1 Å². The number of amides is 1. The largest absolute Gasteiger partial charge is 0.352 e. The third-order valence-electron chi connectivity index (χ3n) is 5.56. The van der Waals surface area contributed by atoms with Crippen molar-refractivity contribution in [2.24, 2.45) is 0 Å². The van der Waals surface area contributed by atoms with Gasteiger partial charge in [0.15, 0.2) is 0 Å². The summed E-state index contributed by atoms with van der Waals surface area (Å²) in [7, 11) is 0. The molecule has 152 valence electrons. The first-order chi connectivity index (χ1) is 13.9. The zero-order valence-electron chi connectivity index (χ0n) is 16.3. The summed E-state index contributed by atoms with van der Waals surface area (Å²) in [5.74, 6) is -0.699. The van der Waals surface area contributed by atoms with Crippen molar-refractivity contribution in [3.05, 3.63) is 61.4 Å². The number of nitrogens with one attached hydrogen (secondary N) is 1. The van der Waals surface area contributed by atoms with Crippen LogP contribution in [-0.2, 0) is 11.3 Å². The van der Waals surface area contributed by atoms with Crippen LogP contribution in [0.4, 0.5) is 4.39 Å². The van der Waals surface area contributed by atoms with Crippen LogP contribution in [0.25, 0.3) is 15.9 Å². The molecule has 1 fully saturated rings. The second-order valence-electron chi connectivity index (χ2n) is 7.50. The molecule has 0 spiro atoms. The molecule has 2 aromatic heterocycles. The van der Waals surface area contributed by atoms with Gasteiger partial charge in [0.25, 0.3) is 5.56 Å². The van der Waals surface area contributed by atoms with Gasteiger partial charge in [-0.05, 0) is 56.5 Å². The summed E-state index contributed by atoms with van der Waals surface area (Å²) >= 11 is 1.33. The molecule has 0 bridgehead atoms. The topological polar surface area (TPSA) is 73.1 Å². The van der Waals surface area contributed by atoms with Gasteiger partial charge in [-0.1, -0.05) is 12.8 Å². The zero-order valence-corrected chi connectivity index (χ0v) is 17.1. The fraction of sp³-hybridized carbons (Fsp3) is 0.381. The van der Waals surface area contributed by atoms with E-state index in [2.05, 4.69) is 5.32 Å². The molecule has 1 aromatic carbocycles. The van der Waals surface area contributed by atoms with Crippen LogP contribution in [0.5, 0.6) is 0 Å². The molecule has 0 unspecified atom stereocenters. The second kappa shape index (κ2) is 7.59. The smallest absolute Gasteiger partial charge is 0.337 e. The monoisotopic (exact) mass is 415 g/mol. The van der Waals surface area contributed by atoms with Crippen LogP contribution in [0.15, 0.2) is 33.9 Å². The minimum absolute atomic E-state index is 0.142. The van der Waals surface area contributed by atoms with Crippen LogP contribution in [0.3, 0.4) is 0 Å². The first-order valence-corrected chi connectivity index (χ1v) is 10.5. The fourth-order valence-electron chi connectivity index (χ4n) is 3.90. The Morgan fingerprint density at radius 2 is 1.83 bits per heavy atom. The number of fused-ring (bicyclic) bond motifs is 1. The van der Waals surface area contributed by atoms with Gasteiger partial charge in [-0.2, -0.15) is 0 Å². The van der Waals surface area contributed by atoms with E-state index in [1.165, 1.54) is 40.2 Å². The molecule has 1 aliphatic rings. The Morgan fingerprint density at radius 1 is 1.17 bits per heavy atom. The summed E-state index contributed by atoms with van der Waals surface area (Å²) in [5.41, 5.74) is 0.00940. The highest BCUT2D eigenvalue weighted by molar-refractivity contribution is 7.18. The molecule has 8 heteroatoms. The van der Waals surface area contributed by atoms with Crippen molar-refractivity contribution in [1.82, 2.24) is 14.5 Å². The molecular formula is C21H22FN3O3S. The third-order valence-corrected chi connectivity index (χ3v) is 6.79. The van der Waals surface area contributed by atoms with Crippen molar-refractivity contribution in [3.8, 4) is 5.69 Å². The summed E-state index contributed by atoms with van der Waals surface area (Å²) in [4.78, 5) is 40.4. The van der Waals surface area contributed by atoms with E-state index in [0.29, 0.717) is 10.2 Å². The molecule has 0 saturated heterocycles. The predicted octanol–water partition coefficient (Wildman–Crippen LogP) is 3.03. The second-order valence-corrected chi connectivity index (χ2v) is 8.70. The van der Waals surface area contributed by atoms with Gasteiger partial charge in [0.1, 0.15) is 17.2 Å². The molecule has 1 amide bonds. The summed E-state index contributed by atoms with van der Waals surface area (Å²) in [6, 6.07) is 5.33. The average molecular weight is 415 g/mol. The zero-order chi connectivity index (χ0) is 20.7. The van der Waals surface area contributed by atoms with Crippen LogP contribution >= 0.6 is 11.3 Å². The van der Waals surface area contributed by atoms with Gasteiger partial charge < -0.3 is 5.32 Å². The first kappa shape index (κ1) is 19.6. The number of carbonyl (C=O) groups excluding carboxylic acids is 1. The summed E-state index contributed by atoms with van der Waals surface area (Å²) in [6.45, 7) is 3.56. The summed E-state index contributed by atoms with van der Waals surface area (Å²) in [6.07, 6.45) is 4.08. The van der Waals surface area contributed by atoms with E-state index in [0.717, 1.165) is 40.7 Å². The minimum Gasteiger partial charge on any atom is -0.352 e. The number of thiophene rings is 1. The lowest BCUT2D eigenvalue weighted by molar-refractivity contribution is -0.122. The van der Waals surface area contributed by atoms with Crippen molar-refractivity contribution in [2.45, 2.75) is 52.1 Å². The molecule has 0 radical (unpaired) electrons. The number of nitrogens with zero attached hydrogens (tertiary/aromatic N) is 2. The Balaban J connectivity index is 1.87. The number of aromatic nitrogens is 2.